The molecule has 0 saturated carbocycles. The van der Waals surface area contributed by atoms with Crippen molar-refractivity contribution in [1.82, 2.24) is 9.97 Å². The quantitative estimate of drug-likeness (QED) is 0.410. The standard InChI is InChI=1S/C14H22N2O3/c1-2-3-4-5-6-7-10-19-13(17)9-8-12-11-15-14(18)16-12/h8-9,11H,2-7,10H2,1H3,(H2,15,16,18)/b9-8-. The molecule has 0 atom stereocenters. The lowest BCUT2D eigenvalue weighted by Gasteiger charge is -2.01. The van der Waals surface area contributed by atoms with E-state index < -0.39 is 0 Å². The van der Waals surface area contributed by atoms with Crippen molar-refractivity contribution in [2.24, 2.45) is 0 Å². The predicted octanol–water partition coefficient (Wildman–Crippen LogP) is 2.62. The number of H-pyrrole nitrogens is 2. The van der Waals surface area contributed by atoms with Crippen molar-refractivity contribution < 1.29 is 9.53 Å². The third-order valence-corrected chi connectivity index (χ3v) is 2.76. The summed E-state index contributed by atoms with van der Waals surface area (Å²) in [4.78, 5) is 27.1. The molecule has 0 aliphatic rings. The molecular weight excluding hydrogens is 244 g/mol. The highest BCUT2D eigenvalue weighted by Crippen LogP contribution is 2.05. The first kappa shape index (κ1) is 15.3. The summed E-state index contributed by atoms with van der Waals surface area (Å²) in [7, 11) is 0. The Morgan fingerprint density at radius 3 is 2.68 bits per heavy atom. The fourth-order valence-corrected chi connectivity index (χ4v) is 1.70. The number of rotatable bonds is 9. The number of carbonyl (C=O) groups excluding carboxylic acids is 1. The molecule has 1 aromatic rings. The summed E-state index contributed by atoms with van der Waals surface area (Å²) in [5.41, 5.74) is 0.265. The van der Waals surface area contributed by atoms with Crippen molar-refractivity contribution in [2.75, 3.05) is 6.61 Å². The van der Waals surface area contributed by atoms with E-state index in [2.05, 4.69) is 16.9 Å². The normalized spacial score (nSPS) is 11.0. The molecule has 0 bridgehead atoms. The van der Waals surface area contributed by atoms with Crippen LogP contribution in [0.25, 0.3) is 6.08 Å². The number of carbonyl (C=O) groups is 1. The molecule has 0 aliphatic carbocycles. The first-order valence-corrected chi connectivity index (χ1v) is 6.85. The van der Waals surface area contributed by atoms with Gasteiger partial charge in [-0.3, -0.25) is 0 Å². The molecule has 0 saturated heterocycles. The molecule has 0 fully saturated rings. The molecule has 0 unspecified atom stereocenters. The van der Waals surface area contributed by atoms with Gasteiger partial charge in [0.2, 0.25) is 0 Å². The average molecular weight is 266 g/mol. The maximum absolute atomic E-state index is 11.3. The Morgan fingerprint density at radius 1 is 1.26 bits per heavy atom. The number of aromatic amines is 2. The van der Waals surface area contributed by atoms with Crippen LogP contribution in [0.1, 0.15) is 51.1 Å². The zero-order valence-electron chi connectivity index (χ0n) is 11.4. The van der Waals surface area contributed by atoms with Crippen LogP contribution >= 0.6 is 0 Å². The lowest BCUT2D eigenvalue weighted by atomic mass is 10.1. The van der Waals surface area contributed by atoms with E-state index in [0.717, 1.165) is 12.8 Å². The van der Waals surface area contributed by atoms with Gasteiger partial charge in [0.1, 0.15) is 0 Å². The van der Waals surface area contributed by atoms with Crippen LogP contribution in [0.2, 0.25) is 0 Å². The smallest absolute Gasteiger partial charge is 0.330 e. The molecule has 0 aromatic carbocycles. The second-order valence-corrected chi connectivity index (χ2v) is 4.47. The number of nitrogens with one attached hydrogen (secondary N) is 2. The van der Waals surface area contributed by atoms with Gasteiger partial charge >= 0.3 is 11.7 Å². The number of imidazole rings is 1. The van der Waals surface area contributed by atoms with E-state index in [0.29, 0.717) is 12.3 Å². The Hall–Kier alpha value is -1.78. The summed E-state index contributed by atoms with van der Waals surface area (Å²) in [5, 5.41) is 0. The minimum absolute atomic E-state index is 0.292. The molecule has 0 radical (unpaired) electrons. The first-order chi connectivity index (χ1) is 9.22. The molecule has 5 nitrogen and oxygen atoms in total. The van der Waals surface area contributed by atoms with Crippen LogP contribution in [-0.2, 0) is 9.53 Å². The highest BCUT2D eigenvalue weighted by Gasteiger charge is 1.98. The predicted molar refractivity (Wildman–Crippen MR) is 74.8 cm³/mol. The SMILES string of the molecule is CCCCCCCCOC(=O)/C=C\c1c[nH]c(=O)[nH]1. The number of hydrogen-bond acceptors (Lipinski definition) is 3. The molecule has 0 amide bonds. The molecular formula is C14H22N2O3. The second kappa shape index (κ2) is 9.19. The van der Waals surface area contributed by atoms with Crippen molar-refractivity contribution in [2.45, 2.75) is 45.4 Å². The maximum atomic E-state index is 11.3. The fraction of sp³-hybridized carbons (Fsp3) is 0.571. The van der Waals surface area contributed by atoms with Crippen molar-refractivity contribution in [3.8, 4) is 0 Å². The highest BCUT2D eigenvalue weighted by atomic mass is 16.5. The zero-order chi connectivity index (χ0) is 13.9. The largest absolute Gasteiger partial charge is 0.463 e. The molecule has 19 heavy (non-hydrogen) atoms. The number of unbranched alkanes of at least 4 members (excludes halogenated alkanes) is 5. The third kappa shape index (κ3) is 7.28. The lowest BCUT2D eigenvalue weighted by molar-refractivity contribution is -0.137. The molecule has 0 spiro atoms. The fourth-order valence-electron chi connectivity index (χ4n) is 1.70. The van der Waals surface area contributed by atoms with Gasteiger partial charge in [-0.05, 0) is 12.5 Å². The molecule has 1 heterocycles. The van der Waals surface area contributed by atoms with Crippen molar-refractivity contribution >= 4 is 12.0 Å². The van der Waals surface area contributed by atoms with E-state index in [1.807, 2.05) is 0 Å². The Labute approximate surface area is 113 Å². The van der Waals surface area contributed by atoms with Crippen LogP contribution < -0.4 is 5.69 Å². The van der Waals surface area contributed by atoms with Crippen LogP contribution in [0.5, 0.6) is 0 Å². The van der Waals surface area contributed by atoms with E-state index in [4.69, 9.17) is 4.74 Å². The molecule has 0 aliphatic heterocycles. The Bertz CT molecular complexity index is 446. The monoisotopic (exact) mass is 266 g/mol. The van der Waals surface area contributed by atoms with Gasteiger partial charge in [0, 0.05) is 12.3 Å². The van der Waals surface area contributed by atoms with E-state index in [1.54, 1.807) is 0 Å². The van der Waals surface area contributed by atoms with Crippen LogP contribution in [0, 0.1) is 0 Å². The van der Waals surface area contributed by atoms with Crippen LogP contribution in [0.4, 0.5) is 0 Å². The molecule has 1 aromatic heterocycles. The van der Waals surface area contributed by atoms with Gasteiger partial charge in [-0.1, -0.05) is 39.0 Å². The van der Waals surface area contributed by atoms with E-state index in [1.165, 1.54) is 44.0 Å². The minimum atomic E-state index is -0.379. The van der Waals surface area contributed by atoms with Gasteiger partial charge in [0.15, 0.2) is 0 Å². The lowest BCUT2D eigenvalue weighted by Crippen LogP contribution is -2.02. The van der Waals surface area contributed by atoms with E-state index in [9.17, 15) is 9.59 Å². The van der Waals surface area contributed by atoms with E-state index >= 15 is 0 Å². The molecule has 106 valence electrons. The van der Waals surface area contributed by atoms with Crippen LogP contribution in [0.15, 0.2) is 17.1 Å². The number of aromatic nitrogens is 2. The summed E-state index contributed by atoms with van der Waals surface area (Å²) in [6.45, 7) is 2.64. The average Bonchev–Trinajstić information content (AvgIpc) is 2.81. The summed E-state index contributed by atoms with van der Waals surface area (Å²) < 4.78 is 5.05. The second-order valence-electron chi connectivity index (χ2n) is 4.47. The van der Waals surface area contributed by atoms with E-state index in [-0.39, 0.29) is 11.7 Å². The van der Waals surface area contributed by atoms with Gasteiger partial charge in [-0.25, -0.2) is 9.59 Å². The summed E-state index contributed by atoms with van der Waals surface area (Å²) in [5.74, 6) is -0.379. The number of ether oxygens (including phenoxy) is 1. The third-order valence-electron chi connectivity index (χ3n) is 2.76. The molecule has 5 heteroatoms. The zero-order valence-corrected chi connectivity index (χ0v) is 11.4. The van der Waals surface area contributed by atoms with Crippen LogP contribution in [0.3, 0.4) is 0 Å². The summed E-state index contributed by atoms with van der Waals surface area (Å²) in [6, 6.07) is 0. The Morgan fingerprint density at radius 2 is 2.00 bits per heavy atom. The topological polar surface area (TPSA) is 75.0 Å². The van der Waals surface area contributed by atoms with Crippen molar-refractivity contribution in [1.29, 1.82) is 0 Å². The Balaban J connectivity index is 2.08. The molecule has 2 N–H and O–H groups in total. The Kier molecular flexibility index (Phi) is 7.39. The highest BCUT2D eigenvalue weighted by molar-refractivity contribution is 5.86. The van der Waals surface area contributed by atoms with Gasteiger partial charge in [-0.2, -0.15) is 0 Å². The van der Waals surface area contributed by atoms with Gasteiger partial charge in [0.25, 0.3) is 0 Å². The van der Waals surface area contributed by atoms with Gasteiger partial charge in [0.05, 0.1) is 12.3 Å². The maximum Gasteiger partial charge on any atom is 0.330 e. The summed E-state index contributed by atoms with van der Waals surface area (Å²) >= 11 is 0. The summed E-state index contributed by atoms with van der Waals surface area (Å²) in [6.07, 6.45) is 11.3. The molecule has 1 rings (SSSR count). The van der Waals surface area contributed by atoms with Gasteiger partial charge < -0.3 is 14.7 Å². The van der Waals surface area contributed by atoms with Gasteiger partial charge in [-0.15, -0.1) is 0 Å². The van der Waals surface area contributed by atoms with Crippen LogP contribution in [-0.4, -0.2) is 22.5 Å². The number of esters is 1. The van der Waals surface area contributed by atoms with Crippen molar-refractivity contribution in [3.63, 3.8) is 0 Å². The minimum Gasteiger partial charge on any atom is -0.463 e. The van der Waals surface area contributed by atoms with Crippen molar-refractivity contribution in [3.05, 3.63) is 28.5 Å². The first-order valence-electron chi connectivity index (χ1n) is 6.85. The number of hydrogen-bond donors (Lipinski definition) is 2.